The highest BCUT2D eigenvalue weighted by molar-refractivity contribution is 4.91. The van der Waals surface area contributed by atoms with Gasteiger partial charge in [0.1, 0.15) is 0 Å². The number of aliphatic hydroxyl groups is 1. The molecule has 1 N–H and O–H groups in total. The van der Waals surface area contributed by atoms with E-state index in [1.807, 2.05) is 13.8 Å². The molecule has 0 unspecified atom stereocenters. The van der Waals surface area contributed by atoms with Crippen molar-refractivity contribution in [3.63, 3.8) is 0 Å². The van der Waals surface area contributed by atoms with Crippen molar-refractivity contribution in [2.24, 2.45) is 5.41 Å². The third-order valence-electron chi connectivity index (χ3n) is 3.78. The summed E-state index contributed by atoms with van der Waals surface area (Å²) in [5, 5.41) is 18.0. The molecule has 1 rings (SSSR count). The minimum atomic E-state index is -0.182. The van der Waals surface area contributed by atoms with Crippen molar-refractivity contribution >= 4 is 0 Å². The van der Waals surface area contributed by atoms with E-state index in [2.05, 4.69) is 11.0 Å². The first-order chi connectivity index (χ1) is 8.09. The van der Waals surface area contributed by atoms with Gasteiger partial charge in [-0.1, -0.05) is 12.8 Å². The summed E-state index contributed by atoms with van der Waals surface area (Å²) in [6.45, 7) is 6.16. The molecule has 0 spiro atoms. The van der Waals surface area contributed by atoms with Crippen LogP contribution in [0, 0.1) is 16.7 Å². The minimum Gasteiger partial charge on any atom is -0.395 e. The predicted octanol–water partition coefficient (Wildman–Crippen LogP) is 2.55. The molecule has 1 fully saturated rings. The van der Waals surface area contributed by atoms with Crippen LogP contribution in [-0.4, -0.2) is 35.7 Å². The molecular formula is C14H26N2O. The summed E-state index contributed by atoms with van der Waals surface area (Å²) in [4.78, 5) is 2.42. The van der Waals surface area contributed by atoms with Gasteiger partial charge in [-0.05, 0) is 46.1 Å². The average molecular weight is 238 g/mol. The van der Waals surface area contributed by atoms with E-state index < -0.39 is 0 Å². The Kier molecular flexibility index (Phi) is 5.94. The third-order valence-corrected chi connectivity index (χ3v) is 3.78. The lowest BCUT2D eigenvalue weighted by Crippen LogP contribution is -2.42. The molecule has 1 aliphatic rings. The van der Waals surface area contributed by atoms with E-state index >= 15 is 0 Å². The Labute approximate surface area is 105 Å². The SMILES string of the molecule is CC(C)(C#N)CCCCN(CCO)C1CCC1. The second kappa shape index (κ2) is 6.98. The minimum absolute atomic E-state index is 0.182. The molecule has 0 bridgehead atoms. The summed E-state index contributed by atoms with van der Waals surface area (Å²) in [6, 6.07) is 3.06. The molecule has 0 aromatic carbocycles. The molecule has 0 radical (unpaired) electrons. The summed E-state index contributed by atoms with van der Waals surface area (Å²) in [5.41, 5.74) is -0.182. The number of nitriles is 1. The molecule has 0 atom stereocenters. The second-order valence-electron chi connectivity index (χ2n) is 5.80. The van der Waals surface area contributed by atoms with Crippen LogP contribution in [-0.2, 0) is 0 Å². The first-order valence-corrected chi connectivity index (χ1v) is 6.85. The van der Waals surface area contributed by atoms with Gasteiger partial charge in [-0.15, -0.1) is 0 Å². The fourth-order valence-corrected chi connectivity index (χ4v) is 2.29. The van der Waals surface area contributed by atoms with Crippen molar-refractivity contribution in [1.29, 1.82) is 5.26 Å². The molecule has 0 amide bonds. The predicted molar refractivity (Wildman–Crippen MR) is 69.5 cm³/mol. The van der Waals surface area contributed by atoms with E-state index in [1.54, 1.807) is 0 Å². The number of hydrogen-bond donors (Lipinski definition) is 1. The van der Waals surface area contributed by atoms with Crippen molar-refractivity contribution < 1.29 is 5.11 Å². The van der Waals surface area contributed by atoms with Gasteiger partial charge in [0.2, 0.25) is 0 Å². The molecule has 0 aromatic heterocycles. The summed E-state index contributed by atoms with van der Waals surface area (Å²) in [6.07, 6.45) is 7.15. The number of aliphatic hydroxyl groups excluding tert-OH is 1. The summed E-state index contributed by atoms with van der Waals surface area (Å²) in [7, 11) is 0. The Morgan fingerprint density at radius 3 is 2.47 bits per heavy atom. The third kappa shape index (κ3) is 5.06. The largest absolute Gasteiger partial charge is 0.395 e. The molecule has 0 saturated heterocycles. The molecular weight excluding hydrogens is 212 g/mol. The Bertz CT molecular complexity index is 253. The van der Waals surface area contributed by atoms with Gasteiger partial charge < -0.3 is 5.11 Å². The zero-order chi connectivity index (χ0) is 12.7. The fourth-order valence-electron chi connectivity index (χ4n) is 2.29. The lowest BCUT2D eigenvalue weighted by atomic mass is 9.88. The van der Waals surface area contributed by atoms with Crippen LogP contribution in [0.25, 0.3) is 0 Å². The normalized spacial score (nSPS) is 16.9. The Hall–Kier alpha value is -0.590. The number of hydrogen-bond acceptors (Lipinski definition) is 3. The number of nitrogens with zero attached hydrogens (tertiary/aromatic N) is 2. The highest BCUT2D eigenvalue weighted by atomic mass is 16.3. The molecule has 0 heterocycles. The van der Waals surface area contributed by atoms with E-state index in [4.69, 9.17) is 10.4 Å². The van der Waals surface area contributed by atoms with E-state index in [1.165, 1.54) is 19.3 Å². The van der Waals surface area contributed by atoms with Crippen molar-refractivity contribution in [3.8, 4) is 6.07 Å². The first-order valence-electron chi connectivity index (χ1n) is 6.85. The molecule has 98 valence electrons. The van der Waals surface area contributed by atoms with Gasteiger partial charge in [-0.2, -0.15) is 5.26 Å². The van der Waals surface area contributed by atoms with Crippen molar-refractivity contribution in [1.82, 2.24) is 4.90 Å². The van der Waals surface area contributed by atoms with E-state index in [-0.39, 0.29) is 12.0 Å². The highest BCUT2D eigenvalue weighted by Crippen LogP contribution is 2.26. The van der Waals surface area contributed by atoms with E-state index in [0.717, 1.165) is 32.4 Å². The van der Waals surface area contributed by atoms with Gasteiger partial charge in [-0.3, -0.25) is 4.90 Å². The van der Waals surface area contributed by atoms with Crippen LogP contribution in [0.4, 0.5) is 0 Å². The molecule has 17 heavy (non-hydrogen) atoms. The van der Waals surface area contributed by atoms with E-state index in [9.17, 15) is 0 Å². The molecule has 1 saturated carbocycles. The zero-order valence-corrected chi connectivity index (χ0v) is 11.3. The number of unbranched alkanes of at least 4 members (excludes halogenated alkanes) is 1. The summed E-state index contributed by atoms with van der Waals surface area (Å²) < 4.78 is 0. The van der Waals surface area contributed by atoms with Gasteiger partial charge in [-0.25, -0.2) is 0 Å². The van der Waals surface area contributed by atoms with Crippen molar-refractivity contribution in [3.05, 3.63) is 0 Å². The van der Waals surface area contributed by atoms with Gasteiger partial charge in [0.15, 0.2) is 0 Å². The fraction of sp³-hybridized carbons (Fsp3) is 0.929. The molecule has 3 nitrogen and oxygen atoms in total. The molecule has 1 aliphatic carbocycles. The van der Waals surface area contributed by atoms with Crippen LogP contribution in [0.3, 0.4) is 0 Å². The highest BCUT2D eigenvalue weighted by Gasteiger charge is 2.24. The van der Waals surface area contributed by atoms with Gasteiger partial charge >= 0.3 is 0 Å². The monoisotopic (exact) mass is 238 g/mol. The summed E-state index contributed by atoms with van der Waals surface area (Å²) >= 11 is 0. The second-order valence-corrected chi connectivity index (χ2v) is 5.80. The van der Waals surface area contributed by atoms with Crippen LogP contribution < -0.4 is 0 Å². The maximum absolute atomic E-state index is 9.04. The Morgan fingerprint density at radius 1 is 1.29 bits per heavy atom. The van der Waals surface area contributed by atoms with Gasteiger partial charge in [0.25, 0.3) is 0 Å². The number of rotatable bonds is 8. The Morgan fingerprint density at radius 2 is 2.00 bits per heavy atom. The van der Waals surface area contributed by atoms with E-state index in [0.29, 0.717) is 6.04 Å². The maximum Gasteiger partial charge on any atom is 0.0683 e. The van der Waals surface area contributed by atoms with Crippen LogP contribution in [0.15, 0.2) is 0 Å². The Balaban J connectivity index is 2.16. The standard InChI is InChI=1S/C14H26N2O/c1-14(2,12-15)8-3-4-9-16(10-11-17)13-6-5-7-13/h13,17H,3-11H2,1-2H3. The molecule has 0 aromatic rings. The molecule has 0 aliphatic heterocycles. The van der Waals surface area contributed by atoms with Crippen LogP contribution >= 0.6 is 0 Å². The maximum atomic E-state index is 9.04. The smallest absolute Gasteiger partial charge is 0.0683 e. The lowest BCUT2D eigenvalue weighted by molar-refractivity contribution is 0.0988. The van der Waals surface area contributed by atoms with Gasteiger partial charge in [0, 0.05) is 12.6 Å². The van der Waals surface area contributed by atoms with Crippen molar-refractivity contribution in [2.45, 2.75) is 58.4 Å². The van der Waals surface area contributed by atoms with Gasteiger partial charge in [0.05, 0.1) is 18.1 Å². The van der Waals surface area contributed by atoms with Crippen LogP contribution in [0.5, 0.6) is 0 Å². The lowest BCUT2D eigenvalue weighted by Gasteiger charge is -2.37. The average Bonchev–Trinajstić information content (AvgIpc) is 2.22. The first kappa shape index (κ1) is 14.5. The van der Waals surface area contributed by atoms with Crippen LogP contribution in [0.2, 0.25) is 0 Å². The summed E-state index contributed by atoms with van der Waals surface area (Å²) in [5.74, 6) is 0. The van der Waals surface area contributed by atoms with Crippen LogP contribution in [0.1, 0.15) is 52.4 Å². The molecule has 3 heteroatoms. The quantitative estimate of drug-likeness (QED) is 0.661. The zero-order valence-electron chi connectivity index (χ0n) is 11.3. The van der Waals surface area contributed by atoms with Crippen molar-refractivity contribution in [2.75, 3.05) is 19.7 Å². The topological polar surface area (TPSA) is 47.3 Å².